The van der Waals surface area contributed by atoms with Gasteiger partial charge in [0.05, 0.1) is 4.90 Å². The van der Waals surface area contributed by atoms with E-state index in [1.54, 1.807) is 16.4 Å². The average Bonchev–Trinajstić information content (AvgIpc) is 3.24. The predicted octanol–water partition coefficient (Wildman–Crippen LogP) is 4.18. The Balaban J connectivity index is 1.45. The number of hydrogen-bond acceptors (Lipinski definition) is 5. The Morgan fingerprint density at radius 2 is 1.76 bits per heavy atom. The van der Waals surface area contributed by atoms with Crippen molar-refractivity contribution in [3.05, 3.63) is 65.5 Å². The lowest BCUT2D eigenvalue weighted by atomic mass is 9.97. The molecular weight excluding hydrogens is 386 g/mol. The maximum atomic E-state index is 12.9. The van der Waals surface area contributed by atoms with E-state index in [2.05, 4.69) is 17.1 Å². The van der Waals surface area contributed by atoms with Gasteiger partial charge in [0.1, 0.15) is 0 Å². The van der Waals surface area contributed by atoms with E-state index >= 15 is 0 Å². The van der Waals surface area contributed by atoms with Gasteiger partial charge in [0, 0.05) is 24.6 Å². The topological polar surface area (TPSA) is 76.3 Å². The molecule has 1 saturated heterocycles. The molecule has 6 nitrogen and oxygen atoms in total. The molecule has 29 heavy (non-hydrogen) atoms. The Labute approximate surface area is 171 Å². The third-order valence-corrected chi connectivity index (χ3v) is 7.52. The maximum absolute atomic E-state index is 12.9. The van der Waals surface area contributed by atoms with Crippen LogP contribution in [0.5, 0.6) is 0 Å². The number of hydrogen-bond donors (Lipinski definition) is 0. The van der Waals surface area contributed by atoms with Crippen LogP contribution in [-0.4, -0.2) is 36.0 Å². The summed E-state index contributed by atoms with van der Waals surface area (Å²) in [7, 11) is -3.47. The molecule has 4 rings (SSSR count). The molecule has 1 fully saturated rings. The van der Waals surface area contributed by atoms with Gasteiger partial charge < -0.3 is 4.52 Å². The Kier molecular flexibility index (Phi) is 5.52. The van der Waals surface area contributed by atoms with Gasteiger partial charge in [-0.3, -0.25) is 0 Å². The molecule has 1 aromatic heterocycles. The van der Waals surface area contributed by atoms with Crippen LogP contribution in [0.3, 0.4) is 0 Å². The number of sulfonamides is 1. The number of benzene rings is 2. The van der Waals surface area contributed by atoms with Crippen LogP contribution in [-0.2, 0) is 16.4 Å². The largest absolute Gasteiger partial charge is 0.334 e. The molecule has 0 atom stereocenters. The summed E-state index contributed by atoms with van der Waals surface area (Å²) in [6, 6.07) is 15.1. The first kappa shape index (κ1) is 19.8. The number of piperidine rings is 1. The molecule has 1 aliphatic rings. The number of nitrogens with zero attached hydrogens (tertiary/aromatic N) is 3. The van der Waals surface area contributed by atoms with E-state index in [1.165, 1.54) is 0 Å². The van der Waals surface area contributed by atoms with Gasteiger partial charge in [-0.2, -0.15) is 9.29 Å². The summed E-state index contributed by atoms with van der Waals surface area (Å²) >= 11 is 0. The van der Waals surface area contributed by atoms with Crippen molar-refractivity contribution in [3.63, 3.8) is 0 Å². The fourth-order valence-electron chi connectivity index (χ4n) is 3.72. The third-order valence-electron chi connectivity index (χ3n) is 5.61. The zero-order valence-corrected chi connectivity index (χ0v) is 17.5. The van der Waals surface area contributed by atoms with Crippen LogP contribution in [0.25, 0.3) is 11.5 Å². The fraction of sp³-hybridized carbons (Fsp3) is 0.364. The molecule has 0 N–H and O–H groups in total. The van der Waals surface area contributed by atoms with Crippen molar-refractivity contribution in [2.45, 2.75) is 43.9 Å². The van der Waals surface area contributed by atoms with Gasteiger partial charge in [0.2, 0.25) is 10.0 Å². The molecule has 3 aromatic rings. The van der Waals surface area contributed by atoms with Crippen LogP contribution in [0.4, 0.5) is 0 Å². The lowest BCUT2D eigenvalue weighted by Crippen LogP contribution is -2.38. The van der Waals surface area contributed by atoms with Crippen molar-refractivity contribution in [3.8, 4) is 11.5 Å². The Bertz CT molecular complexity index is 1080. The van der Waals surface area contributed by atoms with Gasteiger partial charge in [0.15, 0.2) is 5.82 Å². The van der Waals surface area contributed by atoms with Crippen molar-refractivity contribution in [1.29, 1.82) is 0 Å². The summed E-state index contributed by atoms with van der Waals surface area (Å²) < 4.78 is 32.9. The first-order valence-electron chi connectivity index (χ1n) is 9.97. The van der Waals surface area contributed by atoms with Crippen LogP contribution in [0.2, 0.25) is 0 Å². The van der Waals surface area contributed by atoms with Crippen LogP contribution in [0.15, 0.2) is 57.9 Å². The number of aryl methyl sites for hydroxylation is 2. The lowest BCUT2D eigenvalue weighted by Gasteiger charge is -2.29. The molecule has 0 radical (unpaired) electrons. The zero-order chi connectivity index (χ0) is 20.4. The van der Waals surface area contributed by atoms with Crippen LogP contribution >= 0.6 is 0 Å². The summed E-state index contributed by atoms with van der Waals surface area (Å²) in [5, 5.41) is 4.17. The predicted molar refractivity (Wildman–Crippen MR) is 111 cm³/mol. The number of rotatable bonds is 5. The van der Waals surface area contributed by atoms with Gasteiger partial charge in [-0.15, -0.1) is 0 Å². The van der Waals surface area contributed by atoms with Crippen molar-refractivity contribution in [2.24, 2.45) is 0 Å². The second-order valence-corrected chi connectivity index (χ2v) is 9.39. The van der Waals surface area contributed by atoms with Crippen molar-refractivity contribution in [2.75, 3.05) is 13.1 Å². The molecule has 1 aliphatic heterocycles. The van der Waals surface area contributed by atoms with Crippen molar-refractivity contribution < 1.29 is 12.9 Å². The second kappa shape index (κ2) is 8.08. The molecular formula is C22H25N3O3S. The SMILES string of the molecule is CCc1ccc(S(=O)(=O)N2CCC(c3noc(-c4ccccc4C)n3)CC2)cc1. The van der Waals surface area contributed by atoms with E-state index in [0.29, 0.717) is 42.5 Å². The minimum atomic E-state index is -3.47. The van der Waals surface area contributed by atoms with Crippen LogP contribution in [0, 0.1) is 6.92 Å². The number of aromatic nitrogens is 2. The summed E-state index contributed by atoms with van der Waals surface area (Å²) in [4.78, 5) is 4.94. The van der Waals surface area contributed by atoms with Crippen LogP contribution < -0.4 is 0 Å². The highest BCUT2D eigenvalue weighted by Gasteiger charge is 2.32. The quantitative estimate of drug-likeness (QED) is 0.630. The van der Waals surface area contributed by atoms with Crippen LogP contribution in [0.1, 0.15) is 42.6 Å². The summed E-state index contributed by atoms with van der Waals surface area (Å²) in [5.41, 5.74) is 3.14. The average molecular weight is 412 g/mol. The normalized spacial score (nSPS) is 16.2. The molecule has 0 amide bonds. The van der Waals surface area contributed by atoms with Gasteiger partial charge in [0.25, 0.3) is 5.89 Å². The minimum absolute atomic E-state index is 0.102. The van der Waals surface area contributed by atoms with Gasteiger partial charge in [-0.25, -0.2) is 8.42 Å². The first-order valence-corrected chi connectivity index (χ1v) is 11.4. The Hall–Kier alpha value is -2.51. The Morgan fingerprint density at radius 3 is 2.41 bits per heavy atom. The highest BCUT2D eigenvalue weighted by Crippen LogP contribution is 2.31. The first-order chi connectivity index (χ1) is 14.0. The van der Waals surface area contributed by atoms with E-state index < -0.39 is 10.0 Å². The van der Waals surface area contributed by atoms with E-state index in [-0.39, 0.29) is 5.92 Å². The minimum Gasteiger partial charge on any atom is -0.334 e. The second-order valence-electron chi connectivity index (χ2n) is 7.45. The summed E-state index contributed by atoms with van der Waals surface area (Å²) in [5.74, 6) is 1.28. The van der Waals surface area contributed by atoms with Gasteiger partial charge >= 0.3 is 0 Å². The smallest absolute Gasteiger partial charge is 0.258 e. The van der Waals surface area contributed by atoms with E-state index in [4.69, 9.17) is 4.52 Å². The van der Waals surface area contributed by atoms with Gasteiger partial charge in [-0.05, 0) is 55.5 Å². The zero-order valence-electron chi connectivity index (χ0n) is 16.7. The standard InChI is InChI=1S/C22H25N3O3S/c1-3-17-8-10-19(11-9-17)29(26,27)25-14-12-18(13-15-25)21-23-22(28-24-21)20-7-5-4-6-16(20)2/h4-11,18H,3,12-15H2,1-2H3. The third kappa shape index (κ3) is 3.97. The monoisotopic (exact) mass is 411 g/mol. The fourth-order valence-corrected chi connectivity index (χ4v) is 5.19. The molecule has 0 saturated carbocycles. The van der Waals surface area contributed by atoms with Crippen molar-refractivity contribution in [1.82, 2.24) is 14.4 Å². The maximum Gasteiger partial charge on any atom is 0.258 e. The summed E-state index contributed by atoms with van der Waals surface area (Å²) in [6.07, 6.45) is 2.25. The highest BCUT2D eigenvalue weighted by atomic mass is 32.2. The molecule has 0 aliphatic carbocycles. The summed E-state index contributed by atoms with van der Waals surface area (Å²) in [6.45, 7) is 4.97. The van der Waals surface area contributed by atoms with E-state index in [9.17, 15) is 8.42 Å². The molecule has 152 valence electrons. The molecule has 0 unspecified atom stereocenters. The van der Waals surface area contributed by atoms with E-state index in [0.717, 1.165) is 23.1 Å². The molecule has 2 aromatic carbocycles. The lowest BCUT2D eigenvalue weighted by molar-refractivity contribution is 0.307. The highest BCUT2D eigenvalue weighted by molar-refractivity contribution is 7.89. The van der Waals surface area contributed by atoms with Gasteiger partial charge in [-0.1, -0.05) is 42.4 Å². The molecule has 2 heterocycles. The molecule has 0 bridgehead atoms. The Morgan fingerprint density at radius 1 is 1.07 bits per heavy atom. The van der Waals surface area contributed by atoms with Crippen molar-refractivity contribution >= 4 is 10.0 Å². The molecule has 7 heteroatoms. The molecule has 0 spiro atoms. The van der Waals surface area contributed by atoms with E-state index in [1.807, 2.05) is 43.3 Å².